The molecule has 0 saturated heterocycles. The van der Waals surface area contributed by atoms with Gasteiger partial charge in [-0.2, -0.15) is 0 Å². The van der Waals surface area contributed by atoms with Gasteiger partial charge >= 0.3 is 0 Å². The summed E-state index contributed by atoms with van der Waals surface area (Å²) in [6.07, 6.45) is 0. The lowest BCUT2D eigenvalue weighted by Gasteiger charge is -2.40. The second-order valence-corrected chi connectivity index (χ2v) is 12.0. The van der Waals surface area contributed by atoms with E-state index in [2.05, 4.69) is 146 Å². The first-order valence-electron chi connectivity index (χ1n) is 15.3. The van der Waals surface area contributed by atoms with E-state index in [0.717, 1.165) is 44.7 Å². The molecule has 3 aliphatic carbocycles. The highest BCUT2D eigenvalue weighted by Crippen LogP contribution is 2.55. The molecule has 0 saturated carbocycles. The fourth-order valence-electron chi connectivity index (χ4n) is 7.94. The van der Waals surface area contributed by atoms with Gasteiger partial charge in [0.1, 0.15) is 0 Å². The summed E-state index contributed by atoms with van der Waals surface area (Å²) >= 11 is 0. The Kier molecular flexibility index (Phi) is 4.86. The average molecular weight is 559 g/mol. The molecule has 0 aliphatic heterocycles. The van der Waals surface area contributed by atoms with Crippen molar-refractivity contribution in [1.29, 1.82) is 0 Å². The van der Waals surface area contributed by atoms with Crippen molar-refractivity contribution in [2.75, 3.05) is 0 Å². The van der Waals surface area contributed by atoms with Gasteiger partial charge < -0.3 is 0 Å². The Hall–Kier alpha value is -5.60. The third-order valence-corrected chi connectivity index (χ3v) is 9.76. The lowest BCUT2D eigenvalue weighted by Crippen LogP contribution is -2.29. The summed E-state index contributed by atoms with van der Waals surface area (Å²) in [5.74, 6) is 0.130. The fourth-order valence-corrected chi connectivity index (χ4v) is 7.94. The monoisotopic (exact) mass is 558 g/mol. The third kappa shape index (κ3) is 3.20. The summed E-state index contributed by atoms with van der Waals surface area (Å²) in [6, 6.07) is 52.7. The number of fused-ring (bicyclic) bond motifs is 3. The number of benzene rings is 7. The van der Waals surface area contributed by atoms with Crippen molar-refractivity contribution in [3.8, 4) is 22.3 Å². The van der Waals surface area contributed by atoms with E-state index in [1.807, 2.05) is 0 Å². The van der Waals surface area contributed by atoms with Crippen LogP contribution < -0.4 is 0 Å². The first-order valence-corrected chi connectivity index (χ1v) is 15.3. The van der Waals surface area contributed by atoms with Crippen molar-refractivity contribution < 1.29 is 0 Å². The molecule has 2 heteroatoms. The lowest BCUT2D eigenvalue weighted by molar-refractivity contribution is 0.709. The van der Waals surface area contributed by atoms with Crippen LogP contribution in [0.3, 0.4) is 0 Å². The van der Waals surface area contributed by atoms with Crippen LogP contribution in [-0.4, -0.2) is 9.97 Å². The Labute approximate surface area is 255 Å². The van der Waals surface area contributed by atoms with Crippen molar-refractivity contribution in [3.05, 3.63) is 179 Å². The first kappa shape index (κ1) is 23.9. The number of aromatic nitrogens is 2. The van der Waals surface area contributed by atoms with Crippen molar-refractivity contribution in [2.24, 2.45) is 0 Å². The number of hydrogen-bond donors (Lipinski definition) is 0. The van der Waals surface area contributed by atoms with Crippen LogP contribution in [0.4, 0.5) is 0 Å². The molecule has 8 aromatic rings. The molecule has 0 unspecified atom stereocenters. The van der Waals surface area contributed by atoms with E-state index in [0.29, 0.717) is 0 Å². The molecule has 7 aromatic carbocycles. The zero-order valence-corrected chi connectivity index (χ0v) is 23.9. The van der Waals surface area contributed by atoms with E-state index in [-0.39, 0.29) is 11.8 Å². The molecule has 0 spiro atoms. The molecule has 11 rings (SSSR count). The minimum Gasteiger partial charge on any atom is -0.248 e. The maximum Gasteiger partial charge on any atom is 0.0981 e. The molecule has 1 aromatic heterocycles. The van der Waals surface area contributed by atoms with Crippen LogP contribution in [0.2, 0.25) is 0 Å². The summed E-state index contributed by atoms with van der Waals surface area (Å²) in [7, 11) is 0. The van der Waals surface area contributed by atoms with Gasteiger partial charge in [0, 0.05) is 11.1 Å². The molecule has 2 bridgehead atoms. The average Bonchev–Trinajstić information content (AvgIpc) is 3.09. The van der Waals surface area contributed by atoms with Gasteiger partial charge in [-0.1, -0.05) is 133 Å². The Bertz CT molecular complexity index is 2230. The van der Waals surface area contributed by atoms with Gasteiger partial charge in [0.05, 0.1) is 34.3 Å². The predicted octanol–water partition coefficient (Wildman–Crippen LogP) is 10.3. The van der Waals surface area contributed by atoms with Crippen LogP contribution in [0.1, 0.15) is 45.5 Å². The largest absolute Gasteiger partial charge is 0.248 e. The second kappa shape index (κ2) is 8.95. The SMILES string of the molecule is c1ccc(-c2c3cc4ccccc4cc3c(-c3ccccc3)c3nc4c(nc23)C2c3ccccc3C4c3ccccc32)cc1. The van der Waals surface area contributed by atoms with Crippen molar-refractivity contribution in [2.45, 2.75) is 11.8 Å². The van der Waals surface area contributed by atoms with Crippen molar-refractivity contribution in [1.82, 2.24) is 9.97 Å². The van der Waals surface area contributed by atoms with Gasteiger partial charge in [0.2, 0.25) is 0 Å². The number of nitrogens with zero attached hydrogens (tertiary/aromatic N) is 2. The van der Waals surface area contributed by atoms with Crippen molar-refractivity contribution in [3.63, 3.8) is 0 Å². The Morgan fingerprint density at radius 1 is 0.364 bits per heavy atom. The van der Waals surface area contributed by atoms with Crippen LogP contribution in [0.5, 0.6) is 0 Å². The number of rotatable bonds is 2. The predicted molar refractivity (Wildman–Crippen MR) is 180 cm³/mol. The molecule has 0 fully saturated rings. The first-order chi connectivity index (χ1) is 21.8. The summed E-state index contributed by atoms with van der Waals surface area (Å²) in [5, 5.41) is 4.86. The van der Waals surface area contributed by atoms with E-state index < -0.39 is 0 Å². The summed E-state index contributed by atoms with van der Waals surface area (Å²) in [6.45, 7) is 0. The highest BCUT2D eigenvalue weighted by Gasteiger charge is 2.43. The van der Waals surface area contributed by atoms with Gasteiger partial charge in [-0.05, 0) is 67.1 Å². The van der Waals surface area contributed by atoms with Crippen LogP contribution in [0.15, 0.2) is 146 Å². The topological polar surface area (TPSA) is 25.8 Å². The van der Waals surface area contributed by atoms with Gasteiger partial charge in [0.15, 0.2) is 0 Å². The minimum atomic E-state index is 0.0652. The number of hydrogen-bond acceptors (Lipinski definition) is 2. The second-order valence-electron chi connectivity index (χ2n) is 12.0. The van der Waals surface area contributed by atoms with E-state index in [1.54, 1.807) is 0 Å². The Balaban J connectivity index is 1.42. The van der Waals surface area contributed by atoms with Crippen LogP contribution in [-0.2, 0) is 0 Å². The molecule has 0 N–H and O–H groups in total. The maximum atomic E-state index is 5.73. The normalized spacial score (nSPS) is 16.2. The van der Waals surface area contributed by atoms with E-state index in [1.165, 1.54) is 43.8 Å². The van der Waals surface area contributed by atoms with E-state index in [9.17, 15) is 0 Å². The molecular weight excluding hydrogens is 532 g/mol. The van der Waals surface area contributed by atoms with Gasteiger partial charge in [-0.3, -0.25) is 0 Å². The molecule has 3 aliphatic rings. The zero-order valence-electron chi connectivity index (χ0n) is 23.9. The zero-order chi connectivity index (χ0) is 28.8. The van der Waals surface area contributed by atoms with Gasteiger partial charge in [0.25, 0.3) is 0 Å². The highest BCUT2D eigenvalue weighted by atomic mass is 14.9. The van der Waals surface area contributed by atoms with Crippen LogP contribution >= 0.6 is 0 Å². The molecule has 0 radical (unpaired) electrons. The summed E-state index contributed by atoms with van der Waals surface area (Å²) in [5.41, 5.74) is 14.2. The van der Waals surface area contributed by atoms with E-state index in [4.69, 9.17) is 9.97 Å². The molecule has 2 nitrogen and oxygen atoms in total. The molecule has 1 heterocycles. The van der Waals surface area contributed by atoms with E-state index >= 15 is 0 Å². The van der Waals surface area contributed by atoms with Crippen LogP contribution in [0, 0.1) is 0 Å². The summed E-state index contributed by atoms with van der Waals surface area (Å²) in [4.78, 5) is 11.5. The Morgan fingerprint density at radius 3 is 1.09 bits per heavy atom. The van der Waals surface area contributed by atoms with Gasteiger partial charge in [-0.25, -0.2) is 9.97 Å². The standard InChI is InChI=1S/C42H26N2/c1-3-13-25(14-4-1)35-33-23-27-17-7-8-18-28(27)24-34(33)36(26-15-5-2-6-16-26)40-39(35)43-41-37-29-19-9-11-21-31(29)38(42(41)44-40)32-22-12-10-20-30(32)37/h1-24,37-38H. The quantitative estimate of drug-likeness (QED) is 0.197. The fraction of sp³-hybridized carbons (Fsp3) is 0.0476. The third-order valence-electron chi connectivity index (χ3n) is 9.76. The van der Waals surface area contributed by atoms with Crippen LogP contribution in [0.25, 0.3) is 54.8 Å². The molecular formula is C42H26N2. The van der Waals surface area contributed by atoms with Crippen molar-refractivity contribution >= 4 is 32.6 Å². The Morgan fingerprint density at radius 2 is 0.705 bits per heavy atom. The smallest absolute Gasteiger partial charge is 0.0981 e. The molecule has 44 heavy (non-hydrogen) atoms. The molecule has 0 amide bonds. The van der Waals surface area contributed by atoms with Gasteiger partial charge in [-0.15, -0.1) is 0 Å². The molecule has 204 valence electrons. The maximum absolute atomic E-state index is 5.73. The lowest BCUT2D eigenvalue weighted by atomic mass is 9.64. The summed E-state index contributed by atoms with van der Waals surface area (Å²) < 4.78 is 0. The molecule has 0 atom stereocenters. The minimum absolute atomic E-state index is 0.0652. The highest BCUT2D eigenvalue weighted by molar-refractivity contribution is 6.21.